The van der Waals surface area contributed by atoms with Crippen molar-refractivity contribution in [2.24, 2.45) is 0 Å². The summed E-state index contributed by atoms with van der Waals surface area (Å²) in [6.07, 6.45) is 0. The number of pyridine rings is 1. The van der Waals surface area contributed by atoms with Gasteiger partial charge < -0.3 is 15.0 Å². The maximum absolute atomic E-state index is 12.4. The van der Waals surface area contributed by atoms with Crippen molar-refractivity contribution in [3.8, 4) is 0 Å². The second kappa shape index (κ2) is 7.33. The van der Waals surface area contributed by atoms with Crippen LogP contribution in [0.25, 0.3) is 10.9 Å². The van der Waals surface area contributed by atoms with Crippen molar-refractivity contribution >= 4 is 34.3 Å². The first-order valence-electron chi connectivity index (χ1n) is 8.88. The molecule has 8 heteroatoms. The molecule has 2 heterocycles. The third-order valence-corrected chi connectivity index (χ3v) is 4.69. The number of carbonyl (C=O) groups is 3. The number of benzene rings is 2. The van der Waals surface area contributed by atoms with E-state index >= 15 is 0 Å². The number of hydrogen-bond donors (Lipinski definition) is 2. The Morgan fingerprint density at radius 1 is 1.03 bits per heavy atom. The molecule has 8 nitrogen and oxygen atoms in total. The molecule has 4 rings (SSSR count). The molecule has 1 aromatic heterocycles. The van der Waals surface area contributed by atoms with Gasteiger partial charge in [-0.2, -0.15) is 0 Å². The Morgan fingerprint density at radius 3 is 2.38 bits per heavy atom. The summed E-state index contributed by atoms with van der Waals surface area (Å²) < 4.78 is 5.12. The van der Waals surface area contributed by atoms with Gasteiger partial charge in [-0.1, -0.05) is 18.2 Å². The van der Waals surface area contributed by atoms with E-state index < -0.39 is 24.3 Å². The fraction of sp³-hybridized carbons (Fsp3) is 0.143. The fourth-order valence-corrected chi connectivity index (χ4v) is 3.41. The van der Waals surface area contributed by atoms with Crippen LogP contribution in [0, 0.1) is 0 Å². The molecule has 0 unspecified atom stereocenters. The number of nitrogens with zero attached hydrogens (tertiary/aromatic N) is 1. The van der Waals surface area contributed by atoms with Crippen LogP contribution < -0.4 is 10.9 Å². The van der Waals surface area contributed by atoms with Gasteiger partial charge in [-0.15, -0.1) is 0 Å². The molecule has 0 saturated carbocycles. The molecule has 2 aromatic carbocycles. The minimum atomic E-state index is -0.519. The highest BCUT2D eigenvalue weighted by Crippen LogP contribution is 2.23. The lowest BCUT2D eigenvalue weighted by Gasteiger charge is -2.14. The molecular formula is C21H17N3O5. The Morgan fingerprint density at radius 2 is 1.72 bits per heavy atom. The van der Waals surface area contributed by atoms with E-state index in [0.717, 1.165) is 15.8 Å². The first-order valence-corrected chi connectivity index (χ1v) is 8.88. The Labute approximate surface area is 165 Å². The summed E-state index contributed by atoms with van der Waals surface area (Å²) in [5, 5.41) is 3.46. The SMILES string of the molecule is COCc1cc(=O)[nH]c2cc(NC(=O)CN3C(=O)c4ccccc4C3=O)ccc12. The number of anilines is 1. The molecule has 0 radical (unpaired) electrons. The average Bonchev–Trinajstić information content (AvgIpc) is 2.93. The number of amides is 3. The second-order valence-electron chi connectivity index (χ2n) is 6.64. The van der Waals surface area contributed by atoms with Gasteiger partial charge in [0, 0.05) is 24.2 Å². The van der Waals surface area contributed by atoms with E-state index in [1.807, 2.05) is 0 Å². The van der Waals surface area contributed by atoms with Gasteiger partial charge in [0.1, 0.15) is 6.54 Å². The minimum Gasteiger partial charge on any atom is -0.380 e. The van der Waals surface area contributed by atoms with Crippen LogP contribution in [0.1, 0.15) is 26.3 Å². The number of H-pyrrole nitrogens is 1. The quantitative estimate of drug-likeness (QED) is 0.646. The molecule has 2 N–H and O–H groups in total. The number of methoxy groups -OCH3 is 1. The largest absolute Gasteiger partial charge is 0.380 e. The normalized spacial score (nSPS) is 13.1. The smallest absolute Gasteiger partial charge is 0.262 e. The van der Waals surface area contributed by atoms with Crippen LogP contribution in [0.5, 0.6) is 0 Å². The Balaban J connectivity index is 1.53. The third kappa shape index (κ3) is 3.41. The Hall–Kier alpha value is -3.78. The fourth-order valence-electron chi connectivity index (χ4n) is 3.41. The molecule has 146 valence electrons. The van der Waals surface area contributed by atoms with Crippen molar-refractivity contribution in [2.45, 2.75) is 6.61 Å². The maximum Gasteiger partial charge on any atom is 0.262 e. The summed E-state index contributed by atoms with van der Waals surface area (Å²) in [6.45, 7) is -0.115. The minimum absolute atomic E-state index is 0.279. The molecule has 1 aliphatic heterocycles. The van der Waals surface area contributed by atoms with E-state index in [1.165, 1.54) is 6.07 Å². The molecule has 0 atom stereocenters. The van der Waals surface area contributed by atoms with Crippen LogP contribution in [0.15, 0.2) is 53.3 Å². The van der Waals surface area contributed by atoms with Crippen LogP contribution in [0.2, 0.25) is 0 Å². The summed E-state index contributed by atoms with van der Waals surface area (Å²) in [4.78, 5) is 52.7. The topological polar surface area (TPSA) is 109 Å². The molecule has 0 spiro atoms. The molecular weight excluding hydrogens is 374 g/mol. The standard InChI is InChI=1S/C21H17N3O5/c1-29-11-12-8-18(25)23-17-9-13(6-7-14(12)17)22-19(26)10-24-20(27)15-4-2-3-5-16(15)21(24)28/h2-9H,10-11H2,1H3,(H,22,26)(H,23,25). The summed E-state index contributed by atoms with van der Waals surface area (Å²) >= 11 is 0. The van der Waals surface area contributed by atoms with E-state index in [0.29, 0.717) is 22.3 Å². The number of nitrogens with one attached hydrogen (secondary N) is 2. The molecule has 0 saturated heterocycles. The van der Waals surface area contributed by atoms with E-state index in [4.69, 9.17) is 4.74 Å². The lowest BCUT2D eigenvalue weighted by molar-refractivity contribution is -0.116. The lowest BCUT2D eigenvalue weighted by Crippen LogP contribution is -2.37. The predicted octanol–water partition coefficient (Wildman–Crippen LogP) is 1.91. The summed E-state index contributed by atoms with van der Waals surface area (Å²) in [5.41, 5.74) is 2.01. The van der Waals surface area contributed by atoms with Crippen LogP contribution >= 0.6 is 0 Å². The van der Waals surface area contributed by atoms with E-state index in [-0.39, 0.29) is 12.2 Å². The van der Waals surface area contributed by atoms with Crippen LogP contribution in [0.4, 0.5) is 5.69 Å². The predicted molar refractivity (Wildman–Crippen MR) is 106 cm³/mol. The molecule has 3 aromatic rings. The van der Waals surface area contributed by atoms with Crippen LogP contribution in [0.3, 0.4) is 0 Å². The highest BCUT2D eigenvalue weighted by atomic mass is 16.5. The monoisotopic (exact) mass is 391 g/mol. The zero-order valence-electron chi connectivity index (χ0n) is 15.5. The molecule has 0 bridgehead atoms. The van der Waals surface area contributed by atoms with Crippen LogP contribution in [-0.2, 0) is 16.1 Å². The number of ether oxygens (including phenoxy) is 1. The van der Waals surface area contributed by atoms with E-state index in [1.54, 1.807) is 49.6 Å². The van der Waals surface area contributed by atoms with Gasteiger partial charge in [0.2, 0.25) is 11.5 Å². The van der Waals surface area contributed by atoms with Gasteiger partial charge >= 0.3 is 0 Å². The zero-order valence-corrected chi connectivity index (χ0v) is 15.5. The zero-order chi connectivity index (χ0) is 20.5. The van der Waals surface area contributed by atoms with Gasteiger partial charge in [-0.05, 0) is 29.8 Å². The van der Waals surface area contributed by atoms with Gasteiger partial charge in [0.15, 0.2) is 0 Å². The number of rotatable bonds is 5. The summed E-state index contributed by atoms with van der Waals surface area (Å²) in [6, 6.07) is 13.0. The number of hydrogen-bond acceptors (Lipinski definition) is 5. The van der Waals surface area contributed by atoms with Crippen molar-refractivity contribution < 1.29 is 19.1 Å². The van der Waals surface area contributed by atoms with E-state index in [2.05, 4.69) is 10.3 Å². The second-order valence-corrected chi connectivity index (χ2v) is 6.64. The number of aromatic amines is 1. The van der Waals surface area contributed by atoms with Crippen molar-refractivity contribution in [1.29, 1.82) is 0 Å². The van der Waals surface area contributed by atoms with Gasteiger partial charge in [0.05, 0.1) is 23.3 Å². The van der Waals surface area contributed by atoms with Crippen molar-refractivity contribution in [2.75, 3.05) is 19.0 Å². The summed E-state index contributed by atoms with van der Waals surface area (Å²) in [5.74, 6) is -1.50. The van der Waals surface area contributed by atoms with Crippen LogP contribution in [-0.4, -0.2) is 41.3 Å². The Kier molecular flexibility index (Phi) is 4.69. The van der Waals surface area contributed by atoms with E-state index in [9.17, 15) is 19.2 Å². The molecule has 0 fully saturated rings. The first-order chi connectivity index (χ1) is 14.0. The highest BCUT2D eigenvalue weighted by Gasteiger charge is 2.36. The average molecular weight is 391 g/mol. The highest BCUT2D eigenvalue weighted by molar-refractivity contribution is 6.22. The van der Waals surface area contributed by atoms with Crippen molar-refractivity contribution in [3.63, 3.8) is 0 Å². The van der Waals surface area contributed by atoms with Gasteiger partial charge in [0.25, 0.3) is 11.8 Å². The van der Waals surface area contributed by atoms with Crippen molar-refractivity contribution in [1.82, 2.24) is 9.88 Å². The first kappa shape index (κ1) is 18.6. The van der Waals surface area contributed by atoms with Gasteiger partial charge in [-0.3, -0.25) is 24.1 Å². The van der Waals surface area contributed by atoms with Gasteiger partial charge in [-0.25, -0.2) is 0 Å². The lowest BCUT2D eigenvalue weighted by atomic mass is 10.1. The number of fused-ring (bicyclic) bond motifs is 2. The molecule has 29 heavy (non-hydrogen) atoms. The molecule has 3 amide bonds. The molecule has 1 aliphatic rings. The summed E-state index contributed by atoms with van der Waals surface area (Å²) in [7, 11) is 1.54. The Bertz CT molecular complexity index is 1180. The molecule has 0 aliphatic carbocycles. The third-order valence-electron chi connectivity index (χ3n) is 4.69. The maximum atomic E-state index is 12.4. The van der Waals surface area contributed by atoms with Crippen molar-refractivity contribution in [3.05, 3.63) is 75.6 Å². The number of carbonyl (C=O) groups excluding carboxylic acids is 3. The number of aromatic nitrogens is 1. The number of imide groups is 1.